The van der Waals surface area contributed by atoms with Crippen molar-refractivity contribution in [2.45, 2.75) is 13.8 Å². The Hall–Kier alpha value is -2.10. The second kappa shape index (κ2) is 4.41. The topological polar surface area (TPSA) is 42.2 Å². The maximum absolute atomic E-state index is 13.4. The van der Waals surface area contributed by atoms with Crippen LogP contribution in [0.25, 0.3) is 0 Å². The van der Waals surface area contributed by atoms with Crippen LogP contribution >= 0.6 is 0 Å². The zero-order chi connectivity index (χ0) is 12.4. The minimum atomic E-state index is -0.466. The van der Waals surface area contributed by atoms with Gasteiger partial charge in [-0.15, -0.1) is 0 Å². The normalized spacial score (nSPS) is 10.3. The summed E-state index contributed by atoms with van der Waals surface area (Å²) in [6, 6.07) is 7.77. The van der Waals surface area contributed by atoms with Crippen LogP contribution in [0.1, 0.15) is 21.9 Å². The standard InChI is InChI=1S/C13H12FNO2/c1-8-3-5-10(14)11(7-8)15-13(16)12-6-4-9(2)17-12/h3-7H,1-2H3,(H,15,16). The zero-order valence-corrected chi connectivity index (χ0v) is 9.58. The van der Waals surface area contributed by atoms with E-state index < -0.39 is 11.7 Å². The van der Waals surface area contributed by atoms with Gasteiger partial charge in [-0.25, -0.2) is 4.39 Å². The van der Waals surface area contributed by atoms with Crippen molar-refractivity contribution in [3.8, 4) is 0 Å². The van der Waals surface area contributed by atoms with Crippen LogP contribution in [-0.4, -0.2) is 5.91 Å². The quantitative estimate of drug-likeness (QED) is 0.864. The molecule has 1 aromatic heterocycles. The summed E-state index contributed by atoms with van der Waals surface area (Å²) in [6.07, 6.45) is 0. The summed E-state index contributed by atoms with van der Waals surface area (Å²) in [6.45, 7) is 3.57. The van der Waals surface area contributed by atoms with Crippen LogP contribution in [0.3, 0.4) is 0 Å². The number of hydrogen-bond donors (Lipinski definition) is 1. The molecule has 1 aromatic carbocycles. The molecule has 0 atom stereocenters. The Labute approximate surface area is 98.3 Å². The fourth-order valence-electron chi connectivity index (χ4n) is 1.48. The lowest BCUT2D eigenvalue weighted by Crippen LogP contribution is -2.12. The first-order chi connectivity index (χ1) is 8.06. The van der Waals surface area contributed by atoms with Crippen LogP contribution in [-0.2, 0) is 0 Å². The lowest BCUT2D eigenvalue weighted by molar-refractivity contribution is 0.0995. The molecule has 1 amide bonds. The number of aryl methyl sites for hydroxylation is 2. The van der Waals surface area contributed by atoms with E-state index in [4.69, 9.17) is 4.42 Å². The summed E-state index contributed by atoms with van der Waals surface area (Å²) < 4.78 is 18.6. The highest BCUT2D eigenvalue weighted by atomic mass is 19.1. The number of nitrogens with one attached hydrogen (secondary N) is 1. The van der Waals surface area contributed by atoms with Crippen LogP contribution in [0.5, 0.6) is 0 Å². The van der Waals surface area contributed by atoms with E-state index in [1.165, 1.54) is 6.07 Å². The van der Waals surface area contributed by atoms with E-state index in [0.29, 0.717) is 5.76 Å². The number of anilines is 1. The van der Waals surface area contributed by atoms with E-state index in [0.717, 1.165) is 5.56 Å². The van der Waals surface area contributed by atoms with Crippen LogP contribution in [0.15, 0.2) is 34.7 Å². The van der Waals surface area contributed by atoms with Crippen molar-refractivity contribution in [1.29, 1.82) is 0 Å². The van der Waals surface area contributed by atoms with Crippen LogP contribution in [0.4, 0.5) is 10.1 Å². The Bertz CT molecular complexity index is 560. The predicted octanol–water partition coefficient (Wildman–Crippen LogP) is 3.29. The van der Waals surface area contributed by atoms with E-state index in [1.54, 1.807) is 31.2 Å². The molecule has 88 valence electrons. The minimum Gasteiger partial charge on any atom is -0.456 e. The molecule has 0 radical (unpaired) electrons. The molecule has 0 saturated carbocycles. The molecular weight excluding hydrogens is 221 g/mol. The first kappa shape index (κ1) is 11.4. The SMILES string of the molecule is Cc1ccc(F)c(NC(=O)c2ccc(C)o2)c1. The minimum absolute atomic E-state index is 0.157. The van der Waals surface area contributed by atoms with Gasteiger partial charge in [-0.05, 0) is 43.7 Å². The maximum Gasteiger partial charge on any atom is 0.291 e. The third kappa shape index (κ3) is 2.53. The molecule has 3 nitrogen and oxygen atoms in total. The lowest BCUT2D eigenvalue weighted by atomic mass is 10.2. The van der Waals surface area contributed by atoms with Crippen molar-refractivity contribution in [2.24, 2.45) is 0 Å². The van der Waals surface area contributed by atoms with E-state index in [9.17, 15) is 9.18 Å². The van der Waals surface area contributed by atoms with Crippen molar-refractivity contribution in [3.63, 3.8) is 0 Å². The number of amides is 1. The van der Waals surface area contributed by atoms with E-state index in [-0.39, 0.29) is 11.4 Å². The third-order valence-electron chi connectivity index (χ3n) is 2.33. The van der Waals surface area contributed by atoms with Gasteiger partial charge in [0.25, 0.3) is 5.91 Å². The highest BCUT2D eigenvalue weighted by Gasteiger charge is 2.12. The smallest absolute Gasteiger partial charge is 0.291 e. The van der Waals surface area contributed by atoms with Crippen molar-refractivity contribution in [2.75, 3.05) is 5.32 Å². The Morgan fingerprint density at radius 2 is 2.00 bits per heavy atom. The lowest BCUT2D eigenvalue weighted by Gasteiger charge is -2.05. The third-order valence-corrected chi connectivity index (χ3v) is 2.33. The first-order valence-electron chi connectivity index (χ1n) is 5.20. The van der Waals surface area contributed by atoms with Crippen molar-refractivity contribution < 1.29 is 13.6 Å². The fourth-order valence-corrected chi connectivity index (χ4v) is 1.48. The summed E-state index contributed by atoms with van der Waals surface area (Å²) in [5, 5.41) is 2.47. The summed E-state index contributed by atoms with van der Waals surface area (Å²) in [7, 11) is 0. The van der Waals surface area contributed by atoms with Crippen molar-refractivity contribution in [3.05, 3.63) is 53.2 Å². The molecule has 1 heterocycles. The van der Waals surface area contributed by atoms with Gasteiger partial charge in [-0.2, -0.15) is 0 Å². The largest absolute Gasteiger partial charge is 0.456 e. The summed E-state index contributed by atoms with van der Waals surface area (Å²) >= 11 is 0. The monoisotopic (exact) mass is 233 g/mol. The van der Waals surface area contributed by atoms with Gasteiger partial charge < -0.3 is 9.73 Å². The number of furan rings is 1. The molecule has 0 bridgehead atoms. The second-order valence-corrected chi connectivity index (χ2v) is 3.85. The Kier molecular flexibility index (Phi) is 2.95. The molecule has 0 spiro atoms. The van der Waals surface area contributed by atoms with Crippen LogP contribution < -0.4 is 5.32 Å². The molecule has 0 unspecified atom stereocenters. The molecule has 2 aromatic rings. The zero-order valence-electron chi connectivity index (χ0n) is 9.58. The highest BCUT2D eigenvalue weighted by molar-refractivity contribution is 6.02. The second-order valence-electron chi connectivity index (χ2n) is 3.85. The number of halogens is 1. The van der Waals surface area contributed by atoms with Crippen molar-refractivity contribution in [1.82, 2.24) is 0 Å². The predicted molar refractivity (Wildman–Crippen MR) is 62.5 cm³/mol. The average Bonchev–Trinajstić information content (AvgIpc) is 2.70. The van der Waals surface area contributed by atoms with Gasteiger partial charge in [0.05, 0.1) is 5.69 Å². The molecule has 17 heavy (non-hydrogen) atoms. The Balaban J connectivity index is 2.21. The first-order valence-corrected chi connectivity index (χ1v) is 5.20. The summed E-state index contributed by atoms with van der Waals surface area (Å²) in [5.41, 5.74) is 1.03. The maximum atomic E-state index is 13.4. The number of benzene rings is 1. The van der Waals surface area contributed by atoms with Crippen LogP contribution in [0, 0.1) is 19.7 Å². The molecule has 2 rings (SSSR count). The van der Waals surface area contributed by atoms with Crippen LogP contribution in [0.2, 0.25) is 0 Å². The van der Waals surface area contributed by atoms with Gasteiger partial charge in [0.15, 0.2) is 5.76 Å². The fraction of sp³-hybridized carbons (Fsp3) is 0.154. The summed E-state index contributed by atoms with van der Waals surface area (Å²) in [4.78, 5) is 11.7. The number of carbonyl (C=O) groups is 1. The molecule has 4 heteroatoms. The molecular formula is C13H12FNO2. The number of hydrogen-bond acceptors (Lipinski definition) is 2. The molecule has 0 aliphatic carbocycles. The van der Waals surface area contributed by atoms with Gasteiger partial charge in [0.1, 0.15) is 11.6 Å². The Morgan fingerprint density at radius 1 is 1.24 bits per heavy atom. The van der Waals surface area contributed by atoms with Gasteiger partial charge in [0.2, 0.25) is 0 Å². The molecule has 0 saturated heterocycles. The Morgan fingerprint density at radius 3 is 2.65 bits per heavy atom. The summed E-state index contributed by atoms with van der Waals surface area (Å²) in [5.74, 6) is -0.113. The van der Waals surface area contributed by atoms with E-state index >= 15 is 0 Å². The molecule has 0 fully saturated rings. The molecule has 0 aliphatic rings. The molecule has 0 aliphatic heterocycles. The van der Waals surface area contributed by atoms with Gasteiger partial charge in [-0.3, -0.25) is 4.79 Å². The van der Waals surface area contributed by atoms with Gasteiger partial charge >= 0.3 is 0 Å². The number of carbonyl (C=O) groups excluding carboxylic acids is 1. The van der Waals surface area contributed by atoms with Gasteiger partial charge in [-0.1, -0.05) is 6.07 Å². The van der Waals surface area contributed by atoms with Crippen molar-refractivity contribution >= 4 is 11.6 Å². The van der Waals surface area contributed by atoms with E-state index in [1.807, 2.05) is 6.92 Å². The molecule has 1 N–H and O–H groups in total. The number of rotatable bonds is 2. The average molecular weight is 233 g/mol. The van der Waals surface area contributed by atoms with Gasteiger partial charge in [0, 0.05) is 0 Å². The highest BCUT2D eigenvalue weighted by Crippen LogP contribution is 2.17. The van der Waals surface area contributed by atoms with E-state index in [2.05, 4.69) is 5.32 Å².